The fourth-order valence-electron chi connectivity index (χ4n) is 2.58. The van der Waals surface area contributed by atoms with Gasteiger partial charge < -0.3 is 13.8 Å². The Kier molecular flexibility index (Phi) is 4.49. The molecule has 0 N–H and O–H groups in total. The van der Waals surface area contributed by atoms with Crippen molar-refractivity contribution in [2.45, 2.75) is 51.9 Å². The summed E-state index contributed by atoms with van der Waals surface area (Å²) in [7, 11) is 2.00. The van der Waals surface area contributed by atoms with Crippen LogP contribution in [0.3, 0.4) is 0 Å². The highest BCUT2D eigenvalue weighted by Gasteiger charge is 2.24. The van der Waals surface area contributed by atoms with Crippen molar-refractivity contribution in [2.75, 3.05) is 13.7 Å². The van der Waals surface area contributed by atoms with Gasteiger partial charge >= 0.3 is 0 Å². The van der Waals surface area contributed by atoms with E-state index in [2.05, 4.69) is 43.7 Å². The molecule has 0 radical (unpaired) electrons. The van der Waals surface area contributed by atoms with Crippen LogP contribution in [0.25, 0.3) is 0 Å². The molecule has 8 nitrogen and oxygen atoms in total. The Balaban J connectivity index is 1.59. The average molecular weight is 306 g/mol. The summed E-state index contributed by atoms with van der Waals surface area (Å²) >= 11 is 0. The molecule has 2 aromatic heterocycles. The van der Waals surface area contributed by atoms with E-state index in [0.717, 1.165) is 25.3 Å². The standard InChI is InChI=1S/C14H22N6O2/c1-10(2)20-9-15-17-13(20)8-19(3)7-12-16-14(22-18-12)11-5-4-6-21-11/h9-11H,4-8H2,1-3H3/t11-/m0/s1. The summed E-state index contributed by atoms with van der Waals surface area (Å²) in [5, 5.41) is 12.2. The Morgan fingerprint density at radius 3 is 3.00 bits per heavy atom. The second kappa shape index (κ2) is 6.53. The molecule has 3 heterocycles. The number of hydrogen-bond donors (Lipinski definition) is 0. The molecular formula is C14H22N6O2. The zero-order valence-electron chi connectivity index (χ0n) is 13.3. The normalized spacial score (nSPS) is 18.7. The highest BCUT2D eigenvalue weighted by Crippen LogP contribution is 2.27. The van der Waals surface area contributed by atoms with Gasteiger partial charge in [0.25, 0.3) is 5.89 Å². The first-order valence-corrected chi connectivity index (χ1v) is 7.64. The summed E-state index contributed by atoms with van der Waals surface area (Å²) in [5.74, 6) is 2.19. The molecular weight excluding hydrogens is 284 g/mol. The van der Waals surface area contributed by atoms with Gasteiger partial charge in [0, 0.05) is 12.6 Å². The zero-order chi connectivity index (χ0) is 15.5. The first kappa shape index (κ1) is 15.1. The summed E-state index contributed by atoms with van der Waals surface area (Å²) in [5.41, 5.74) is 0. The molecule has 0 spiro atoms. The SMILES string of the molecule is CC(C)n1cnnc1CN(C)Cc1noc([C@@H]2CCCO2)n1. The summed E-state index contributed by atoms with van der Waals surface area (Å²) in [6, 6.07) is 0.342. The quantitative estimate of drug-likeness (QED) is 0.803. The molecule has 1 atom stereocenters. The smallest absolute Gasteiger partial charge is 0.255 e. The van der Waals surface area contributed by atoms with Crippen molar-refractivity contribution in [1.82, 2.24) is 29.8 Å². The molecule has 0 amide bonds. The van der Waals surface area contributed by atoms with E-state index in [1.807, 2.05) is 7.05 Å². The summed E-state index contributed by atoms with van der Waals surface area (Å²) in [6.07, 6.45) is 3.73. The van der Waals surface area contributed by atoms with Gasteiger partial charge in [-0.1, -0.05) is 5.16 Å². The van der Waals surface area contributed by atoms with Gasteiger partial charge in [-0.3, -0.25) is 4.90 Å². The minimum absolute atomic E-state index is 0.0319. The molecule has 0 saturated carbocycles. The fourth-order valence-corrected chi connectivity index (χ4v) is 2.58. The molecule has 0 aliphatic carbocycles. The maximum absolute atomic E-state index is 5.55. The molecule has 1 aliphatic rings. The molecule has 0 unspecified atom stereocenters. The molecule has 120 valence electrons. The number of rotatable bonds is 6. The van der Waals surface area contributed by atoms with Crippen LogP contribution in [0.2, 0.25) is 0 Å². The molecule has 1 aliphatic heterocycles. The molecule has 1 fully saturated rings. The van der Waals surface area contributed by atoms with Gasteiger partial charge in [0.2, 0.25) is 0 Å². The Bertz CT molecular complexity index is 602. The lowest BCUT2D eigenvalue weighted by Gasteiger charge is -2.16. The maximum Gasteiger partial charge on any atom is 0.255 e. The van der Waals surface area contributed by atoms with E-state index in [1.165, 1.54) is 0 Å². The maximum atomic E-state index is 5.55. The van der Waals surface area contributed by atoms with E-state index >= 15 is 0 Å². The Morgan fingerprint density at radius 1 is 1.41 bits per heavy atom. The summed E-state index contributed by atoms with van der Waals surface area (Å²) in [6.45, 7) is 6.27. The molecule has 22 heavy (non-hydrogen) atoms. The van der Waals surface area contributed by atoms with Gasteiger partial charge in [0.05, 0.1) is 13.1 Å². The van der Waals surface area contributed by atoms with Crippen LogP contribution in [0.4, 0.5) is 0 Å². The van der Waals surface area contributed by atoms with Crippen LogP contribution in [-0.4, -0.2) is 43.5 Å². The van der Waals surface area contributed by atoms with Gasteiger partial charge in [-0.05, 0) is 33.7 Å². The third-order valence-electron chi connectivity index (χ3n) is 3.72. The van der Waals surface area contributed by atoms with E-state index < -0.39 is 0 Å². The third kappa shape index (κ3) is 3.33. The second-order valence-corrected chi connectivity index (χ2v) is 5.97. The predicted molar refractivity (Wildman–Crippen MR) is 77.8 cm³/mol. The number of ether oxygens (including phenoxy) is 1. The van der Waals surface area contributed by atoms with Crippen LogP contribution in [0.5, 0.6) is 0 Å². The van der Waals surface area contributed by atoms with E-state index in [0.29, 0.717) is 30.8 Å². The van der Waals surface area contributed by atoms with Crippen LogP contribution >= 0.6 is 0 Å². The largest absolute Gasteiger partial charge is 0.368 e. The van der Waals surface area contributed by atoms with Gasteiger partial charge in [0.15, 0.2) is 5.82 Å². The van der Waals surface area contributed by atoms with Gasteiger partial charge in [-0.2, -0.15) is 4.98 Å². The molecule has 1 saturated heterocycles. The van der Waals surface area contributed by atoms with Crippen molar-refractivity contribution in [3.63, 3.8) is 0 Å². The van der Waals surface area contributed by atoms with Gasteiger partial charge in [-0.25, -0.2) is 0 Å². The molecule has 3 rings (SSSR count). The second-order valence-electron chi connectivity index (χ2n) is 5.97. The predicted octanol–water partition coefficient (Wildman–Crippen LogP) is 1.73. The van der Waals surface area contributed by atoms with E-state index in [-0.39, 0.29) is 6.10 Å². The van der Waals surface area contributed by atoms with Crippen molar-refractivity contribution >= 4 is 0 Å². The van der Waals surface area contributed by atoms with E-state index in [4.69, 9.17) is 9.26 Å². The number of nitrogens with zero attached hydrogens (tertiary/aromatic N) is 6. The van der Waals surface area contributed by atoms with Crippen molar-refractivity contribution in [3.8, 4) is 0 Å². The van der Waals surface area contributed by atoms with Gasteiger partial charge in [0.1, 0.15) is 18.3 Å². The van der Waals surface area contributed by atoms with Crippen LogP contribution in [-0.2, 0) is 17.8 Å². The van der Waals surface area contributed by atoms with Crippen molar-refractivity contribution in [2.24, 2.45) is 0 Å². The topological polar surface area (TPSA) is 82.1 Å². The Labute approximate surface area is 129 Å². The average Bonchev–Trinajstić information content (AvgIpc) is 3.18. The number of aromatic nitrogens is 5. The number of hydrogen-bond acceptors (Lipinski definition) is 7. The summed E-state index contributed by atoms with van der Waals surface area (Å²) < 4.78 is 12.9. The first-order chi connectivity index (χ1) is 10.6. The highest BCUT2D eigenvalue weighted by molar-refractivity contribution is 4.93. The van der Waals surface area contributed by atoms with Crippen molar-refractivity contribution in [3.05, 3.63) is 23.9 Å². The fraction of sp³-hybridized carbons (Fsp3) is 0.714. The van der Waals surface area contributed by atoms with Crippen LogP contribution in [0.1, 0.15) is 56.4 Å². The zero-order valence-corrected chi connectivity index (χ0v) is 13.3. The molecule has 0 aromatic carbocycles. The van der Waals surface area contributed by atoms with E-state index in [9.17, 15) is 0 Å². The van der Waals surface area contributed by atoms with Crippen LogP contribution in [0.15, 0.2) is 10.9 Å². The molecule has 0 bridgehead atoms. The van der Waals surface area contributed by atoms with Crippen molar-refractivity contribution in [1.29, 1.82) is 0 Å². The first-order valence-electron chi connectivity index (χ1n) is 7.64. The van der Waals surface area contributed by atoms with E-state index in [1.54, 1.807) is 6.33 Å². The minimum Gasteiger partial charge on any atom is -0.368 e. The van der Waals surface area contributed by atoms with Crippen LogP contribution < -0.4 is 0 Å². The minimum atomic E-state index is -0.0319. The lowest BCUT2D eigenvalue weighted by Crippen LogP contribution is -2.21. The molecule has 2 aromatic rings. The Morgan fingerprint density at radius 2 is 2.27 bits per heavy atom. The molecule has 8 heteroatoms. The Hall–Kier alpha value is -1.80. The van der Waals surface area contributed by atoms with Crippen molar-refractivity contribution < 1.29 is 9.26 Å². The monoisotopic (exact) mass is 306 g/mol. The summed E-state index contributed by atoms with van der Waals surface area (Å²) in [4.78, 5) is 6.52. The highest BCUT2D eigenvalue weighted by atomic mass is 16.5. The van der Waals surface area contributed by atoms with Gasteiger partial charge in [-0.15, -0.1) is 10.2 Å². The lowest BCUT2D eigenvalue weighted by molar-refractivity contribution is 0.0835. The van der Waals surface area contributed by atoms with Crippen LogP contribution in [0, 0.1) is 0 Å². The third-order valence-corrected chi connectivity index (χ3v) is 3.72. The lowest BCUT2D eigenvalue weighted by atomic mass is 10.2.